The summed E-state index contributed by atoms with van der Waals surface area (Å²) >= 11 is 6.35. The lowest BCUT2D eigenvalue weighted by Crippen LogP contribution is -2.49. The molecule has 2 aromatic carbocycles. The Balaban J connectivity index is 1.83. The molecule has 1 aliphatic heterocycles. The van der Waals surface area contributed by atoms with E-state index in [2.05, 4.69) is 10.9 Å². The minimum absolute atomic E-state index is 0.144. The molecule has 228 valence electrons. The van der Waals surface area contributed by atoms with Crippen LogP contribution in [-0.2, 0) is 28.3 Å². The van der Waals surface area contributed by atoms with E-state index < -0.39 is 50.7 Å². The molecule has 0 aromatic heterocycles. The fourth-order valence-corrected chi connectivity index (χ4v) is 5.33. The van der Waals surface area contributed by atoms with Gasteiger partial charge >= 0.3 is 12.3 Å². The molecule has 1 fully saturated rings. The highest BCUT2D eigenvalue weighted by molar-refractivity contribution is 7.85. The number of hydrogen-bond acceptors (Lipinski definition) is 8. The maximum atomic E-state index is 14.2. The number of nitrogen functional groups attached to an aromatic ring is 1. The fourth-order valence-electron chi connectivity index (χ4n) is 4.18. The number of hydrazine groups is 1. The van der Waals surface area contributed by atoms with Crippen LogP contribution in [0.25, 0.3) is 0 Å². The second-order valence-corrected chi connectivity index (χ2v) is 12.5. The van der Waals surface area contributed by atoms with Crippen molar-refractivity contribution in [1.29, 1.82) is 5.26 Å². The van der Waals surface area contributed by atoms with Gasteiger partial charge in [-0.1, -0.05) is 18.5 Å². The lowest BCUT2D eigenvalue weighted by Gasteiger charge is -2.36. The fraction of sp³-hybridized carbons (Fsp3) is 0.444. The second kappa shape index (κ2) is 13.2. The van der Waals surface area contributed by atoms with E-state index in [-0.39, 0.29) is 61.0 Å². The Morgan fingerprint density at radius 1 is 1.17 bits per heavy atom. The molecule has 0 saturated carbocycles. The van der Waals surface area contributed by atoms with Crippen molar-refractivity contribution in [3.05, 3.63) is 51.5 Å². The van der Waals surface area contributed by atoms with Gasteiger partial charge in [0.15, 0.2) is 0 Å². The van der Waals surface area contributed by atoms with Crippen molar-refractivity contribution in [3.63, 3.8) is 0 Å². The molecule has 10 nitrogen and oxygen atoms in total. The Labute approximate surface area is 249 Å². The van der Waals surface area contributed by atoms with Crippen LogP contribution in [0.4, 0.5) is 29.3 Å². The topological polar surface area (TPSA) is 141 Å². The molecule has 2 aromatic rings. The van der Waals surface area contributed by atoms with E-state index in [1.165, 1.54) is 23.1 Å². The first kappa shape index (κ1) is 33.0. The smallest absolute Gasteiger partial charge is 0.416 e. The minimum atomic E-state index is -4.86. The Hall–Kier alpha value is -3.54. The summed E-state index contributed by atoms with van der Waals surface area (Å²) in [6.45, 7) is 7.71. The van der Waals surface area contributed by atoms with Gasteiger partial charge in [-0.15, -0.1) is 0 Å². The number of carbonyl (C=O) groups is 2. The zero-order chi connectivity index (χ0) is 31.4. The number of piperazine rings is 1. The first-order chi connectivity index (χ1) is 19.6. The number of ether oxygens (including phenoxy) is 1. The molecular weight excluding hydrogens is 597 g/mol. The van der Waals surface area contributed by atoms with Crippen molar-refractivity contribution in [2.24, 2.45) is 0 Å². The average molecular weight is 629 g/mol. The van der Waals surface area contributed by atoms with Crippen LogP contribution in [0.2, 0.25) is 5.02 Å². The normalized spacial score (nSPS) is 15.1. The van der Waals surface area contributed by atoms with Crippen molar-refractivity contribution in [2.45, 2.75) is 50.9 Å². The van der Waals surface area contributed by atoms with Crippen LogP contribution in [-0.4, -0.2) is 63.5 Å². The van der Waals surface area contributed by atoms with Crippen LogP contribution in [0.5, 0.6) is 0 Å². The maximum Gasteiger partial charge on any atom is 0.416 e. The highest BCUT2D eigenvalue weighted by atomic mass is 35.5. The monoisotopic (exact) mass is 628 g/mol. The zero-order valence-electron chi connectivity index (χ0n) is 23.5. The van der Waals surface area contributed by atoms with Crippen molar-refractivity contribution in [1.82, 2.24) is 15.2 Å². The highest BCUT2D eigenvalue weighted by Crippen LogP contribution is 2.40. The highest BCUT2D eigenvalue weighted by Gasteiger charge is 2.37. The number of carbonyl (C=O) groups excluding carboxylic acids is 2. The van der Waals surface area contributed by atoms with E-state index in [9.17, 15) is 32.2 Å². The molecule has 15 heteroatoms. The third-order valence-electron chi connectivity index (χ3n) is 6.29. The number of nitrogens with one attached hydrogen (secondary N) is 2. The molecule has 4 N–H and O–H groups in total. The molecule has 1 atom stereocenters. The minimum Gasteiger partial charge on any atom is -0.444 e. The van der Waals surface area contributed by atoms with Crippen molar-refractivity contribution >= 4 is 45.8 Å². The third-order valence-corrected chi connectivity index (χ3v) is 8.09. The molecule has 1 heterocycles. The molecular formula is C27H32ClF3N6O4S. The van der Waals surface area contributed by atoms with Gasteiger partial charge in [-0.25, -0.2) is 4.79 Å². The number of nitrogens with two attached hydrogens (primary N) is 1. The Bertz CT molecular complexity index is 1420. The molecule has 1 saturated heterocycles. The van der Waals surface area contributed by atoms with E-state index >= 15 is 0 Å². The van der Waals surface area contributed by atoms with E-state index in [0.717, 1.165) is 0 Å². The van der Waals surface area contributed by atoms with E-state index in [1.807, 2.05) is 6.07 Å². The van der Waals surface area contributed by atoms with Gasteiger partial charge < -0.3 is 15.4 Å². The molecule has 42 heavy (non-hydrogen) atoms. The summed E-state index contributed by atoms with van der Waals surface area (Å²) in [4.78, 5) is 28.8. The first-order valence-corrected chi connectivity index (χ1v) is 14.6. The molecule has 0 radical (unpaired) electrons. The molecule has 1 unspecified atom stereocenters. The number of hydrogen-bond donors (Lipinski definition) is 3. The van der Waals surface area contributed by atoms with Crippen molar-refractivity contribution < 1.29 is 31.7 Å². The van der Waals surface area contributed by atoms with Gasteiger partial charge in [-0.05, 0) is 50.6 Å². The third kappa shape index (κ3) is 8.05. The van der Waals surface area contributed by atoms with Crippen LogP contribution in [0, 0.1) is 11.3 Å². The average Bonchev–Trinajstić information content (AvgIpc) is 2.92. The number of nitrogens with zero attached hydrogens (tertiary/aromatic N) is 3. The number of halogens is 4. The number of benzene rings is 2. The van der Waals surface area contributed by atoms with Crippen LogP contribution in [0.3, 0.4) is 0 Å². The standard InChI is InChI=1S/C27H32ClF3N6O4S/c1-5-42(40)21-7-6-16(14-32)12-20(21)34-35-24(38)17-13-19(27(29,30)31)18(22(28)23(17)33)15-36-8-10-37(11-9-36)25(39)41-26(2,3)4/h6-7,12-13,34H,5,8-11,15,33H2,1-4H3,(H,35,38). The van der Waals surface area contributed by atoms with Crippen molar-refractivity contribution in [2.75, 3.05) is 43.1 Å². The largest absolute Gasteiger partial charge is 0.444 e. The van der Waals surface area contributed by atoms with Crippen LogP contribution >= 0.6 is 11.6 Å². The first-order valence-electron chi connectivity index (χ1n) is 12.9. The van der Waals surface area contributed by atoms with Crippen molar-refractivity contribution in [3.8, 4) is 6.07 Å². The summed E-state index contributed by atoms with van der Waals surface area (Å²) in [7, 11) is -1.46. The van der Waals surface area contributed by atoms with Crippen LogP contribution in [0.1, 0.15) is 54.7 Å². The van der Waals surface area contributed by atoms with E-state index in [0.29, 0.717) is 11.0 Å². The molecule has 0 spiro atoms. The number of nitriles is 1. The molecule has 1 aliphatic rings. The predicted molar refractivity (Wildman–Crippen MR) is 153 cm³/mol. The zero-order valence-corrected chi connectivity index (χ0v) is 25.1. The quantitative estimate of drug-likeness (QED) is 0.295. The summed E-state index contributed by atoms with van der Waals surface area (Å²) in [6, 6.07) is 6.84. The second-order valence-electron chi connectivity index (χ2n) is 10.5. The van der Waals surface area contributed by atoms with Gasteiger partial charge in [0.2, 0.25) is 0 Å². The number of amides is 2. The number of anilines is 2. The molecule has 2 amide bonds. The van der Waals surface area contributed by atoms with Gasteiger partial charge in [0.05, 0.1) is 54.9 Å². The van der Waals surface area contributed by atoms with Gasteiger partial charge in [0, 0.05) is 38.5 Å². The SMILES string of the molecule is CCS(=O)c1ccc(C#N)cc1NNC(=O)c1cc(C(F)(F)F)c(CN2CCN(C(=O)OC(C)(C)C)CC2)c(Cl)c1N. The lowest BCUT2D eigenvalue weighted by molar-refractivity contribution is -0.138. The summed E-state index contributed by atoms with van der Waals surface area (Å²) in [5, 5.41) is 8.78. The summed E-state index contributed by atoms with van der Waals surface area (Å²) in [5.74, 6) is -0.767. The maximum absolute atomic E-state index is 14.2. The van der Waals surface area contributed by atoms with Gasteiger partial charge in [-0.3, -0.25) is 24.8 Å². The summed E-state index contributed by atoms with van der Waals surface area (Å²) in [6.07, 6.45) is -5.36. The van der Waals surface area contributed by atoms with Gasteiger partial charge in [-0.2, -0.15) is 18.4 Å². The number of rotatable bonds is 7. The summed E-state index contributed by atoms with van der Waals surface area (Å²) in [5.41, 5.74) is 8.26. The van der Waals surface area contributed by atoms with Gasteiger partial charge in [0.1, 0.15) is 5.60 Å². The summed E-state index contributed by atoms with van der Waals surface area (Å²) < 4.78 is 60.3. The predicted octanol–water partition coefficient (Wildman–Crippen LogP) is 4.75. The Morgan fingerprint density at radius 3 is 2.36 bits per heavy atom. The number of alkyl halides is 3. The lowest BCUT2D eigenvalue weighted by atomic mass is 10.00. The van der Waals surface area contributed by atoms with E-state index in [4.69, 9.17) is 22.1 Å². The molecule has 0 aliphatic carbocycles. The Kier molecular flexibility index (Phi) is 10.3. The van der Waals surface area contributed by atoms with Gasteiger partial charge in [0.25, 0.3) is 5.91 Å². The Morgan fingerprint density at radius 2 is 1.81 bits per heavy atom. The van der Waals surface area contributed by atoms with Crippen LogP contribution in [0.15, 0.2) is 29.2 Å². The molecule has 0 bridgehead atoms. The molecule has 3 rings (SSSR count). The van der Waals surface area contributed by atoms with Crippen LogP contribution < -0.4 is 16.6 Å². The van der Waals surface area contributed by atoms with E-state index in [1.54, 1.807) is 32.6 Å².